The summed E-state index contributed by atoms with van der Waals surface area (Å²) in [5, 5.41) is 18.1. The van der Waals surface area contributed by atoms with Crippen molar-refractivity contribution in [1.29, 1.82) is 0 Å². The van der Waals surface area contributed by atoms with Crippen molar-refractivity contribution in [1.82, 2.24) is 9.80 Å². The van der Waals surface area contributed by atoms with Gasteiger partial charge in [0.1, 0.15) is 0 Å². The van der Waals surface area contributed by atoms with Crippen LogP contribution in [0.4, 0.5) is 0 Å². The molecule has 2 unspecified atom stereocenters. The quantitative estimate of drug-likeness (QED) is 0.654. The molecule has 0 amide bonds. The summed E-state index contributed by atoms with van der Waals surface area (Å²) in [6, 6.07) is 1.39. The highest BCUT2D eigenvalue weighted by Gasteiger charge is 2.37. The van der Waals surface area contributed by atoms with Crippen LogP contribution in [0.3, 0.4) is 0 Å². The van der Waals surface area contributed by atoms with Gasteiger partial charge in [-0.05, 0) is 19.9 Å². The smallest absolute Gasteiger partial charge is 0.0493 e. The lowest BCUT2D eigenvalue weighted by atomic mass is 10.1. The van der Waals surface area contributed by atoms with Crippen molar-refractivity contribution in [2.24, 2.45) is 5.92 Å². The van der Waals surface area contributed by atoms with Gasteiger partial charge in [-0.25, -0.2) is 0 Å². The zero-order valence-corrected chi connectivity index (χ0v) is 9.47. The first-order valence-corrected chi connectivity index (χ1v) is 5.90. The number of likely N-dealkylation sites (N-methyl/N-ethyl adjacent to an activating group) is 1. The number of likely N-dealkylation sites (tertiary alicyclic amines) is 1. The molecule has 4 heteroatoms. The van der Waals surface area contributed by atoms with Crippen molar-refractivity contribution >= 4 is 0 Å². The van der Waals surface area contributed by atoms with Crippen LogP contribution in [0, 0.1) is 5.92 Å². The Labute approximate surface area is 91.5 Å². The highest BCUT2D eigenvalue weighted by molar-refractivity contribution is 4.94. The van der Waals surface area contributed by atoms with Gasteiger partial charge in [0, 0.05) is 50.8 Å². The number of aliphatic hydroxyl groups excluding tert-OH is 2. The van der Waals surface area contributed by atoms with E-state index in [0.717, 1.165) is 19.6 Å². The summed E-state index contributed by atoms with van der Waals surface area (Å²) in [5.74, 6) is 0.0350. The molecule has 0 saturated carbocycles. The summed E-state index contributed by atoms with van der Waals surface area (Å²) in [6.07, 6.45) is 2.61. The Balaban J connectivity index is 1.86. The van der Waals surface area contributed by atoms with E-state index < -0.39 is 0 Å². The lowest BCUT2D eigenvalue weighted by Gasteiger charge is -2.39. The van der Waals surface area contributed by atoms with Gasteiger partial charge in [0.15, 0.2) is 0 Å². The van der Waals surface area contributed by atoms with Crippen molar-refractivity contribution in [3.63, 3.8) is 0 Å². The van der Waals surface area contributed by atoms with Crippen molar-refractivity contribution in [3.8, 4) is 0 Å². The van der Waals surface area contributed by atoms with Gasteiger partial charge in [0.25, 0.3) is 0 Å². The lowest BCUT2D eigenvalue weighted by molar-refractivity contribution is 0.0515. The van der Waals surface area contributed by atoms with Gasteiger partial charge < -0.3 is 10.2 Å². The van der Waals surface area contributed by atoms with Crippen LogP contribution in [0.2, 0.25) is 0 Å². The highest BCUT2D eigenvalue weighted by Crippen LogP contribution is 2.28. The van der Waals surface area contributed by atoms with E-state index in [9.17, 15) is 0 Å². The third-order valence-electron chi connectivity index (χ3n) is 3.96. The number of nitrogens with zero attached hydrogens (tertiary/aromatic N) is 2. The minimum absolute atomic E-state index is 0.0350. The van der Waals surface area contributed by atoms with Gasteiger partial charge in [-0.2, -0.15) is 0 Å². The molecule has 2 bridgehead atoms. The third kappa shape index (κ3) is 2.33. The number of piperazine rings is 1. The zero-order valence-electron chi connectivity index (χ0n) is 9.47. The fourth-order valence-electron chi connectivity index (χ4n) is 2.89. The first-order chi connectivity index (χ1) is 7.24. The molecular formula is C11H22N2O2. The number of fused-ring (bicyclic) bond motifs is 2. The minimum Gasteiger partial charge on any atom is -0.396 e. The van der Waals surface area contributed by atoms with Crippen LogP contribution in [0.25, 0.3) is 0 Å². The predicted molar refractivity (Wildman–Crippen MR) is 58.7 cm³/mol. The number of aliphatic hydroxyl groups is 2. The van der Waals surface area contributed by atoms with Crippen molar-refractivity contribution in [3.05, 3.63) is 0 Å². The molecule has 2 atom stereocenters. The normalized spacial score (nSPS) is 32.8. The third-order valence-corrected chi connectivity index (χ3v) is 3.96. The molecule has 0 aromatic carbocycles. The average molecular weight is 214 g/mol. The molecule has 0 aromatic rings. The summed E-state index contributed by atoms with van der Waals surface area (Å²) in [6.45, 7) is 3.23. The van der Waals surface area contributed by atoms with E-state index in [1.807, 2.05) is 0 Å². The van der Waals surface area contributed by atoms with Crippen LogP contribution in [0.5, 0.6) is 0 Å². The standard InChI is InChI=1S/C11H22N2O2/c1-12-10-2-3-11(12)6-13(5-10)4-9(7-14)8-15/h9-11,14-15H,2-8H2,1H3. The topological polar surface area (TPSA) is 46.9 Å². The van der Waals surface area contributed by atoms with Gasteiger partial charge >= 0.3 is 0 Å². The van der Waals surface area contributed by atoms with Gasteiger partial charge in [0.05, 0.1) is 0 Å². The van der Waals surface area contributed by atoms with E-state index in [1.165, 1.54) is 12.8 Å². The maximum atomic E-state index is 9.06. The molecule has 2 aliphatic rings. The Morgan fingerprint density at radius 1 is 1.13 bits per heavy atom. The van der Waals surface area contributed by atoms with E-state index in [1.54, 1.807) is 0 Å². The van der Waals surface area contributed by atoms with Gasteiger partial charge in [-0.3, -0.25) is 9.80 Å². The first-order valence-electron chi connectivity index (χ1n) is 5.90. The molecule has 0 radical (unpaired) electrons. The van der Waals surface area contributed by atoms with E-state index in [-0.39, 0.29) is 19.1 Å². The fourth-order valence-corrected chi connectivity index (χ4v) is 2.89. The van der Waals surface area contributed by atoms with Gasteiger partial charge in [0.2, 0.25) is 0 Å². The first kappa shape index (κ1) is 11.3. The largest absolute Gasteiger partial charge is 0.396 e. The van der Waals surface area contributed by atoms with Crippen LogP contribution in [0.1, 0.15) is 12.8 Å². The molecule has 2 fully saturated rings. The number of hydrogen-bond donors (Lipinski definition) is 2. The number of rotatable bonds is 4. The summed E-state index contributed by atoms with van der Waals surface area (Å²) < 4.78 is 0. The van der Waals surface area contributed by atoms with Crippen molar-refractivity contribution < 1.29 is 10.2 Å². The van der Waals surface area contributed by atoms with Crippen LogP contribution in [0.15, 0.2) is 0 Å². The van der Waals surface area contributed by atoms with Crippen LogP contribution < -0.4 is 0 Å². The Bertz CT molecular complexity index is 195. The summed E-state index contributed by atoms with van der Waals surface area (Å²) in [4.78, 5) is 4.89. The van der Waals surface area contributed by atoms with Crippen LogP contribution >= 0.6 is 0 Å². The van der Waals surface area contributed by atoms with Crippen molar-refractivity contribution in [2.75, 3.05) is 39.9 Å². The van der Waals surface area contributed by atoms with E-state index >= 15 is 0 Å². The summed E-state index contributed by atoms with van der Waals surface area (Å²) in [7, 11) is 2.22. The van der Waals surface area contributed by atoms with Gasteiger partial charge in [-0.15, -0.1) is 0 Å². The predicted octanol–water partition coefficient (Wildman–Crippen LogP) is -0.634. The molecule has 2 heterocycles. The maximum absolute atomic E-state index is 9.06. The second-order valence-corrected chi connectivity index (χ2v) is 5.00. The molecule has 4 nitrogen and oxygen atoms in total. The minimum atomic E-state index is 0.0350. The van der Waals surface area contributed by atoms with Crippen LogP contribution in [-0.4, -0.2) is 72.0 Å². The summed E-state index contributed by atoms with van der Waals surface area (Å²) in [5.41, 5.74) is 0. The molecule has 2 aliphatic heterocycles. The monoisotopic (exact) mass is 214 g/mol. The Morgan fingerprint density at radius 2 is 1.67 bits per heavy atom. The highest BCUT2D eigenvalue weighted by atomic mass is 16.3. The zero-order chi connectivity index (χ0) is 10.8. The Morgan fingerprint density at radius 3 is 2.13 bits per heavy atom. The van der Waals surface area contributed by atoms with E-state index in [2.05, 4.69) is 16.8 Å². The molecule has 2 saturated heterocycles. The molecular weight excluding hydrogens is 192 g/mol. The Kier molecular flexibility index (Phi) is 3.61. The SMILES string of the molecule is CN1C2CCC1CN(CC(CO)CO)C2. The molecule has 0 aliphatic carbocycles. The second kappa shape index (κ2) is 4.78. The van der Waals surface area contributed by atoms with Crippen molar-refractivity contribution in [2.45, 2.75) is 24.9 Å². The van der Waals surface area contributed by atoms with E-state index in [0.29, 0.717) is 12.1 Å². The molecule has 0 aromatic heterocycles. The maximum Gasteiger partial charge on any atom is 0.0493 e. The lowest BCUT2D eigenvalue weighted by Crippen LogP contribution is -2.53. The number of hydrogen-bond acceptors (Lipinski definition) is 4. The van der Waals surface area contributed by atoms with Gasteiger partial charge in [-0.1, -0.05) is 0 Å². The average Bonchev–Trinajstić information content (AvgIpc) is 2.50. The Hall–Kier alpha value is -0.160. The molecule has 15 heavy (non-hydrogen) atoms. The summed E-state index contributed by atoms with van der Waals surface area (Å²) >= 11 is 0. The second-order valence-electron chi connectivity index (χ2n) is 5.00. The fraction of sp³-hybridized carbons (Fsp3) is 1.00. The molecule has 2 N–H and O–H groups in total. The molecule has 88 valence electrons. The molecule has 0 spiro atoms. The van der Waals surface area contributed by atoms with E-state index in [4.69, 9.17) is 10.2 Å². The molecule has 2 rings (SSSR count). The van der Waals surface area contributed by atoms with Crippen LogP contribution in [-0.2, 0) is 0 Å².